The molecule has 206 valence electrons. The van der Waals surface area contributed by atoms with Crippen LogP contribution in [0.3, 0.4) is 0 Å². The average molecular weight is 535 g/mol. The van der Waals surface area contributed by atoms with E-state index in [-0.39, 0.29) is 17.5 Å². The first-order valence-electron chi connectivity index (χ1n) is 11.0. The van der Waals surface area contributed by atoms with Crippen molar-refractivity contribution in [2.24, 2.45) is 5.73 Å². The fourth-order valence-corrected chi connectivity index (χ4v) is 2.65. The third-order valence-corrected chi connectivity index (χ3v) is 4.41. The number of amides is 3. The van der Waals surface area contributed by atoms with Gasteiger partial charge in [-0.3, -0.25) is 10.1 Å². The van der Waals surface area contributed by atoms with Crippen LogP contribution in [-0.4, -0.2) is 19.0 Å². The average Bonchev–Trinajstić information content (AvgIpc) is 2.85. The molecule has 0 aliphatic carbocycles. The summed E-state index contributed by atoms with van der Waals surface area (Å²) in [5.74, 6) is -0.321. The van der Waals surface area contributed by atoms with Crippen LogP contribution in [0.2, 0.25) is 0 Å². The molecular formula is C26H32F6N2O3. The molecule has 0 aliphatic rings. The van der Waals surface area contributed by atoms with Gasteiger partial charge in [0.25, 0.3) is 0 Å². The standard InChI is InChI=1S/C11H10F6O.C11H14N2O2.C2H6.C2H2/c1-6(18-2)7-3-8(10(12,13)14)5-9(4-7)11(15,16)17;12-11(15)13-10(14)8-4-7-9-5-2-1-3-6-9;2*1-2/h3-6H,1-2H3;1-3,5-6H,4,7-8H2,(H3,12,13,14,15);1-2H3;1-2H/t6-;;;/m1.../s1. The minimum absolute atomic E-state index is 0.0892. The van der Waals surface area contributed by atoms with Crippen molar-refractivity contribution in [2.75, 3.05) is 7.11 Å². The minimum Gasteiger partial charge on any atom is -0.377 e. The lowest BCUT2D eigenvalue weighted by Gasteiger charge is -2.17. The summed E-state index contributed by atoms with van der Waals surface area (Å²) < 4.78 is 79.7. The number of hydrogen-bond donors (Lipinski definition) is 2. The number of carbonyl (C=O) groups excluding carboxylic acids is 2. The molecule has 5 nitrogen and oxygen atoms in total. The van der Waals surface area contributed by atoms with Gasteiger partial charge in [0, 0.05) is 13.5 Å². The Morgan fingerprint density at radius 2 is 1.41 bits per heavy atom. The highest BCUT2D eigenvalue weighted by molar-refractivity contribution is 5.93. The van der Waals surface area contributed by atoms with Crippen LogP contribution in [-0.2, 0) is 28.3 Å². The number of imide groups is 1. The molecule has 11 heteroatoms. The van der Waals surface area contributed by atoms with Gasteiger partial charge in [-0.05, 0) is 49.1 Å². The molecule has 0 saturated heterocycles. The number of urea groups is 1. The summed E-state index contributed by atoms with van der Waals surface area (Å²) in [4.78, 5) is 21.4. The van der Waals surface area contributed by atoms with Crippen LogP contribution in [0.15, 0.2) is 48.5 Å². The monoisotopic (exact) mass is 534 g/mol. The molecule has 0 aliphatic heterocycles. The van der Waals surface area contributed by atoms with Crippen LogP contribution in [0, 0.1) is 12.8 Å². The molecule has 3 N–H and O–H groups in total. The van der Waals surface area contributed by atoms with Crippen molar-refractivity contribution < 1.29 is 40.7 Å². The zero-order valence-corrected chi connectivity index (χ0v) is 21.0. The summed E-state index contributed by atoms with van der Waals surface area (Å²) in [6, 6.07) is 10.5. The van der Waals surface area contributed by atoms with Crippen LogP contribution in [0.25, 0.3) is 0 Å². The van der Waals surface area contributed by atoms with Gasteiger partial charge in [0.2, 0.25) is 5.91 Å². The SMILES string of the molecule is C#C.CC.CO[C@H](C)c1cc(C(F)(F)F)cc(C(F)(F)F)c1.NC(=O)NC(=O)CCCc1ccccc1. The summed E-state index contributed by atoms with van der Waals surface area (Å²) in [5, 5.41) is 2.03. The molecule has 37 heavy (non-hydrogen) atoms. The second-order valence-electron chi connectivity index (χ2n) is 6.97. The highest BCUT2D eigenvalue weighted by Gasteiger charge is 2.37. The molecule has 0 aromatic heterocycles. The number of carbonyl (C=O) groups is 2. The van der Waals surface area contributed by atoms with Crippen LogP contribution >= 0.6 is 0 Å². The number of ether oxygens (including phenoxy) is 1. The van der Waals surface area contributed by atoms with Gasteiger partial charge < -0.3 is 10.5 Å². The zero-order valence-electron chi connectivity index (χ0n) is 21.0. The number of aryl methyl sites for hydroxylation is 1. The number of rotatable bonds is 6. The molecule has 0 saturated carbocycles. The topological polar surface area (TPSA) is 81.4 Å². The molecule has 2 aromatic carbocycles. The second-order valence-corrected chi connectivity index (χ2v) is 6.97. The minimum atomic E-state index is -4.83. The lowest BCUT2D eigenvalue weighted by molar-refractivity contribution is -0.143. The molecule has 3 amide bonds. The van der Waals surface area contributed by atoms with Crippen LogP contribution in [0.4, 0.5) is 31.1 Å². The summed E-state index contributed by atoms with van der Waals surface area (Å²) in [7, 11) is 1.21. The maximum absolute atomic E-state index is 12.5. The molecule has 2 aromatic rings. The smallest absolute Gasteiger partial charge is 0.377 e. The lowest BCUT2D eigenvalue weighted by atomic mass is 10.0. The van der Waals surface area contributed by atoms with Crippen molar-refractivity contribution in [1.82, 2.24) is 5.32 Å². The lowest BCUT2D eigenvalue weighted by Crippen LogP contribution is -2.34. The second kappa shape index (κ2) is 17.8. The Bertz CT molecular complexity index is 926. The Labute approximate surface area is 213 Å². The first kappa shape index (κ1) is 35.6. The van der Waals surface area contributed by atoms with Gasteiger partial charge in [0.15, 0.2) is 0 Å². The third kappa shape index (κ3) is 15.3. The Morgan fingerprint density at radius 1 is 0.946 bits per heavy atom. The largest absolute Gasteiger partial charge is 0.416 e. The molecule has 0 unspecified atom stereocenters. The van der Waals surface area contributed by atoms with Gasteiger partial charge in [0.05, 0.1) is 17.2 Å². The maximum Gasteiger partial charge on any atom is 0.416 e. The van der Waals surface area contributed by atoms with Crippen molar-refractivity contribution in [3.8, 4) is 12.8 Å². The quantitative estimate of drug-likeness (QED) is 0.312. The number of alkyl halides is 6. The third-order valence-electron chi connectivity index (χ3n) is 4.41. The summed E-state index contributed by atoms with van der Waals surface area (Å²) in [5.41, 5.74) is 3.15. The van der Waals surface area contributed by atoms with Gasteiger partial charge in [-0.1, -0.05) is 44.2 Å². The first-order valence-corrected chi connectivity index (χ1v) is 11.0. The summed E-state index contributed by atoms with van der Waals surface area (Å²) >= 11 is 0. The van der Waals surface area contributed by atoms with Crippen LogP contribution in [0.1, 0.15) is 62.0 Å². The number of primary amides is 1. The van der Waals surface area contributed by atoms with Crippen molar-refractivity contribution in [3.05, 3.63) is 70.8 Å². The number of nitrogens with two attached hydrogens (primary N) is 1. The number of nitrogens with one attached hydrogen (secondary N) is 1. The Kier molecular flexibility index (Phi) is 17.2. The Balaban J connectivity index is 0. The Hall–Kier alpha value is -3.52. The number of methoxy groups -OCH3 is 1. The van der Waals surface area contributed by atoms with E-state index >= 15 is 0 Å². The highest BCUT2D eigenvalue weighted by Crippen LogP contribution is 2.37. The van der Waals surface area contributed by atoms with E-state index in [9.17, 15) is 35.9 Å². The molecule has 0 spiro atoms. The molecule has 1 atom stereocenters. The number of benzene rings is 2. The van der Waals surface area contributed by atoms with E-state index in [0.29, 0.717) is 25.0 Å². The molecule has 0 fully saturated rings. The zero-order chi connectivity index (χ0) is 29.2. The molecule has 0 bridgehead atoms. The van der Waals surface area contributed by atoms with Gasteiger partial charge in [-0.25, -0.2) is 4.79 Å². The molecule has 2 rings (SSSR count). The van der Waals surface area contributed by atoms with E-state index in [1.807, 2.05) is 49.5 Å². The fourth-order valence-electron chi connectivity index (χ4n) is 2.65. The number of terminal acetylenes is 1. The predicted molar refractivity (Wildman–Crippen MR) is 130 cm³/mol. The van der Waals surface area contributed by atoms with E-state index in [4.69, 9.17) is 10.5 Å². The first-order chi connectivity index (χ1) is 17.2. The summed E-state index contributed by atoms with van der Waals surface area (Å²) in [6.07, 6.45) is -0.658. The van der Waals surface area contributed by atoms with Crippen molar-refractivity contribution >= 4 is 11.9 Å². The van der Waals surface area contributed by atoms with Crippen molar-refractivity contribution in [3.63, 3.8) is 0 Å². The van der Waals surface area contributed by atoms with Crippen molar-refractivity contribution in [2.45, 2.75) is 58.5 Å². The fraction of sp³-hybridized carbons (Fsp3) is 0.385. The number of halogens is 6. The number of hydrogen-bond acceptors (Lipinski definition) is 3. The highest BCUT2D eigenvalue weighted by atomic mass is 19.4. The molecule has 0 radical (unpaired) electrons. The molecule has 0 heterocycles. The normalized spacial score (nSPS) is 11.2. The van der Waals surface area contributed by atoms with Crippen LogP contribution < -0.4 is 11.1 Å². The van der Waals surface area contributed by atoms with Gasteiger partial charge in [-0.15, -0.1) is 12.8 Å². The van der Waals surface area contributed by atoms with Crippen LogP contribution in [0.5, 0.6) is 0 Å². The van der Waals surface area contributed by atoms with Gasteiger partial charge in [-0.2, -0.15) is 26.3 Å². The summed E-state index contributed by atoms with van der Waals surface area (Å²) in [6.45, 7) is 5.37. The predicted octanol–water partition coefficient (Wildman–Crippen LogP) is 6.91. The van der Waals surface area contributed by atoms with E-state index in [1.54, 1.807) is 0 Å². The van der Waals surface area contributed by atoms with Gasteiger partial charge >= 0.3 is 18.4 Å². The van der Waals surface area contributed by atoms with Gasteiger partial charge in [0.1, 0.15) is 0 Å². The van der Waals surface area contributed by atoms with E-state index in [2.05, 4.69) is 12.8 Å². The van der Waals surface area contributed by atoms with Crippen molar-refractivity contribution in [1.29, 1.82) is 0 Å². The maximum atomic E-state index is 12.5. The van der Waals surface area contributed by atoms with E-state index < -0.39 is 35.6 Å². The molecular weight excluding hydrogens is 502 g/mol. The van der Waals surface area contributed by atoms with E-state index in [0.717, 1.165) is 6.42 Å². The Morgan fingerprint density at radius 3 is 1.78 bits per heavy atom. The van der Waals surface area contributed by atoms with E-state index in [1.165, 1.54) is 19.6 Å².